The van der Waals surface area contributed by atoms with Crippen molar-refractivity contribution in [2.24, 2.45) is 0 Å². The minimum absolute atomic E-state index is 0.178. The summed E-state index contributed by atoms with van der Waals surface area (Å²) in [6.45, 7) is 3.81. The fourth-order valence-electron chi connectivity index (χ4n) is 12.9. The minimum Gasteiger partial charge on any atom is -0.394 e. The van der Waals surface area contributed by atoms with Crippen LogP contribution in [0.1, 0.15) is 406 Å². The van der Waals surface area contributed by atoms with E-state index in [1.807, 2.05) is 6.08 Å². The van der Waals surface area contributed by atoms with Crippen molar-refractivity contribution in [3.05, 3.63) is 48.6 Å². The van der Waals surface area contributed by atoms with Crippen LogP contribution < -0.4 is 5.32 Å². The van der Waals surface area contributed by atoms with Crippen molar-refractivity contribution in [2.75, 3.05) is 13.2 Å². The predicted octanol–water partition coefficient (Wildman–Crippen LogP) is 22.7. The maximum absolute atomic E-state index is 13.2. The smallest absolute Gasteiger partial charge is 0.220 e. The van der Waals surface area contributed by atoms with Gasteiger partial charge in [-0.15, -0.1) is 0 Å². The topological polar surface area (TPSA) is 149 Å². The lowest BCUT2D eigenvalue weighted by Gasteiger charge is -2.40. The highest BCUT2D eigenvalue weighted by Crippen LogP contribution is 2.24. The van der Waals surface area contributed by atoms with Gasteiger partial charge in [-0.2, -0.15) is 0 Å². The lowest BCUT2D eigenvalue weighted by atomic mass is 9.99. The number of nitrogens with one attached hydrogen (secondary N) is 1. The average Bonchev–Trinajstić information content (AvgIpc) is 1.28. The third-order valence-electron chi connectivity index (χ3n) is 19.1. The SMILES string of the molecule is CCCCCCC/C=C\C/C=C\CCCCCCCCCCCCCCCCCCCCCCCCCCCC(=O)NC(COC1OC(CO)C(O)C(O)C1O)C(O)/C=C/CC/C=C/CCCCCCCCCCCCCCCCCCCCCCCCCC. The molecule has 0 aromatic carbocycles. The Morgan fingerprint density at radius 2 is 0.667 bits per heavy atom. The van der Waals surface area contributed by atoms with Gasteiger partial charge in [0.05, 0.1) is 25.4 Å². The van der Waals surface area contributed by atoms with Crippen molar-refractivity contribution in [1.82, 2.24) is 5.32 Å². The molecule has 530 valence electrons. The van der Waals surface area contributed by atoms with Crippen molar-refractivity contribution >= 4 is 5.91 Å². The molecule has 0 aliphatic carbocycles. The minimum atomic E-state index is -1.57. The summed E-state index contributed by atoms with van der Waals surface area (Å²) >= 11 is 0. The summed E-state index contributed by atoms with van der Waals surface area (Å²) in [7, 11) is 0. The van der Waals surface area contributed by atoms with E-state index >= 15 is 0 Å². The zero-order valence-corrected chi connectivity index (χ0v) is 59.7. The molecule has 0 saturated carbocycles. The van der Waals surface area contributed by atoms with Crippen LogP contribution in [0.4, 0.5) is 0 Å². The van der Waals surface area contributed by atoms with Gasteiger partial charge in [-0.05, 0) is 64.2 Å². The molecule has 7 unspecified atom stereocenters. The van der Waals surface area contributed by atoms with Crippen LogP contribution in [0.15, 0.2) is 48.6 Å². The summed E-state index contributed by atoms with van der Waals surface area (Å²) in [6, 6.07) is -0.823. The van der Waals surface area contributed by atoms with Gasteiger partial charge in [-0.1, -0.05) is 383 Å². The number of unbranched alkanes of at least 4 members (excludes halogenated alkanes) is 55. The van der Waals surface area contributed by atoms with Crippen molar-refractivity contribution in [1.29, 1.82) is 0 Å². The van der Waals surface area contributed by atoms with Gasteiger partial charge in [0.25, 0.3) is 0 Å². The molecule has 0 aromatic rings. The Morgan fingerprint density at radius 3 is 1.00 bits per heavy atom. The molecule has 1 heterocycles. The second-order valence-corrected chi connectivity index (χ2v) is 27.9. The first-order chi connectivity index (χ1) is 44.3. The summed E-state index contributed by atoms with van der Waals surface area (Å²) in [6.07, 6.45) is 89.8. The monoisotopic (exact) mass is 1270 g/mol. The third kappa shape index (κ3) is 57.6. The van der Waals surface area contributed by atoms with Crippen LogP contribution in [0.2, 0.25) is 0 Å². The molecular weight excluding hydrogens is 1110 g/mol. The molecule has 1 fully saturated rings. The van der Waals surface area contributed by atoms with Crippen LogP contribution in [0.3, 0.4) is 0 Å². The van der Waals surface area contributed by atoms with E-state index in [2.05, 4.69) is 55.6 Å². The number of aliphatic hydroxyl groups excluding tert-OH is 5. The number of allylic oxidation sites excluding steroid dienone is 7. The number of amides is 1. The Hall–Kier alpha value is -1.85. The van der Waals surface area contributed by atoms with E-state index in [-0.39, 0.29) is 12.5 Å². The zero-order valence-electron chi connectivity index (χ0n) is 59.7. The number of hydrogen-bond donors (Lipinski definition) is 6. The van der Waals surface area contributed by atoms with Crippen molar-refractivity contribution in [2.45, 2.75) is 448 Å². The lowest BCUT2D eigenvalue weighted by Crippen LogP contribution is -2.60. The van der Waals surface area contributed by atoms with Gasteiger partial charge >= 0.3 is 0 Å². The van der Waals surface area contributed by atoms with Crippen LogP contribution in [-0.4, -0.2) is 87.5 Å². The van der Waals surface area contributed by atoms with Gasteiger partial charge in [0.1, 0.15) is 24.4 Å². The first-order valence-corrected chi connectivity index (χ1v) is 39.9. The molecule has 9 heteroatoms. The highest BCUT2D eigenvalue weighted by atomic mass is 16.7. The van der Waals surface area contributed by atoms with E-state index in [0.29, 0.717) is 6.42 Å². The number of ether oxygens (including phenoxy) is 2. The number of aliphatic hydroxyl groups is 5. The Kier molecular flexibility index (Phi) is 67.0. The van der Waals surface area contributed by atoms with E-state index in [9.17, 15) is 30.3 Å². The quantitative estimate of drug-likeness (QED) is 0.0261. The Balaban J connectivity index is 2.07. The van der Waals surface area contributed by atoms with E-state index in [0.717, 1.165) is 44.9 Å². The summed E-state index contributed by atoms with van der Waals surface area (Å²) in [5.74, 6) is -0.178. The molecule has 1 saturated heterocycles. The highest BCUT2D eigenvalue weighted by molar-refractivity contribution is 5.76. The van der Waals surface area contributed by atoms with Crippen molar-refractivity contribution < 1.29 is 39.8 Å². The normalized spacial score (nSPS) is 18.0. The molecule has 9 nitrogen and oxygen atoms in total. The zero-order chi connectivity index (χ0) is 64.9. The average molecular weight is 1270 g/mol. The maximum atomic E-state index is 13.2. The fourth-order valence-corrected chi connectivity index (χ4v) is 12.9. The van der Waals surface area contributed by atoms with Gasteiger partial charge in [0.2, 0.25) is 5.91 Å². The number of rotatable bonds is 71. The van der Waals surface area contributed by atoms with Gasteiger partial charge in [0.15, 0.2) is 6.29 Å². The summed E-state index contributed by atoms with van der Waals surface area (Å²) < 4.78 is 11.3. The van der Waals surface area contributed by atoms with E-state index in [4.69, 9.17) is 9.47 Å². The second kappa shape index (κ2) is 70.0. The maximum Gasteiger partial charge on any atom is 0.220 e. The fraction of sp³-hybridized carbons (Fsp3) is 0.889. The van der Waals surface area contributed by atoms with E-state index in [1.54, 1.807) is 6.08 Å². The third-order valence-corrected chi connectivity index (χ3v) is 19.1. The molecule has 0 spiro atoms. The Bertz CT molecular complexity index is 1570. The first-order valence-electron chi connectivity index (χ1n) is 39.9. The predicted molar refractivity (Wildman–Crippen MR) is 387 cm³/mol. The van der Waals surface area contributed by atoms with E-state index in [1.165, 1.54) is 340 Å². The lowest BCUT2D eigenvalue weighted by molar-refractivity contribution is -0.302. The molecule has 6 N–H and O–H groups in total. The summed E-state index contributed by atoms with van der Waals surface area (Å²) in [4.78, 5) is 13.2. The van der Waals surface area contributed by atoms with Crippen LogP contribution in [0, 0.1) is 0 Å². The van der Waals surface area contributed by atoms with Crippen molar-refractivity contribution in [3.63, 3.8) is 0 Å². The highest BCUT2D eigenvalue weighted by Gasteiger charge is 2.44. The molecule has 0 aromatic heterocycles. The molecule has 0 bridgehead atoms. The molecule has 1 amide bonds. The van der Waals surface area contributed by atoms with Gasteiger partial charge in [-0.3, -0.25) is 4.79 Å². The standard InChI is InChI=1S/C81H153NO8/c1-3-5-7-9-11-13-15-17-19-21-23-25-27-29-31-33-35-36-37-38-39-40-41-43-45-47-49-51-53-55-57-59-61-63-65-67-69-71-77(85)82-74(73-89-81-80(88)79(87)78(86)76(72-83)90-81)75(84)70-68-66-64-62-60-58-56-54-52-50-48-46-44-42-34-32-30-28-26-24-22-20-18-16-14-12-10-8-6-4-2/h15,17,21,23,60,62,68,70,74-76,78-81,83-84,86-88H,3-14,16,18-20,22,24-59,61,63-67,69,71-73H2,1-2H3,(H,82,85)/b17-15-,23-21-,62-60+,70-68+. The summed E-state index contributed by atoms with van der Waals surface area (Å²) in [5.41, 5.74) is 0. The molecular formula is C81H153NO8. The molecule has 0 radical (unpaired) electrons. The number of carbonyl (C=O) groups excluding carboxylic acids is 1. The first kappa shape index (κ1) is 86.2. The molecule has 7 atom stereocenters. The Morgan fingerprint density at radius 1 is 0.378 bits per heavy atom. The largest absolute Gasteiger partial charge is 0.394 e. The van der Waals surface area contributed by atoms with Crippen LogP contribution in [0.25, 0.3) is 0 Å². The van der Waals surface area contributed by atoms with Crippen LogP contribution in [-0.2, 0) is 14.3 Å². The van der Waals surface area contributed by atoms with Gasteiger partial charge in [-0.25, -0.2) is 0 Å². The molecule has 1 aliphatic rings. The second-order valence-electron chi connectivity index (χ2n) is 27.9. The summed E-state index contributed by atoms with van der Waals surface area (Å²) in [5, 5.41) is 54.9. The van der Waals surface area contributed by atoms with Crippen LogP contribution in [0.5, 0.6) is 0 Å². The number of carbonyl (C=O) groups is 1. The van der Waals surface area contributed by atoms with Gasteiger partial charge in [0, 0.05) is 6.42 Å². The molecule has 1 rings (SSSR count). The van der Waals surface area contributed by atoms with E-state index < -0.39 is 49.5 Å². The number of hydrogen-bond acceptors (Lipinski definition) is 8. The van der Waals surface area contributed by atoms with Gasteiger partial charge < -0.3 is 40.3 Å². The van der Waals surface area contributed by atoms with Crippen molar-refractivity contribution in [3.8, 4) is 0 Å². The Labute approximate surface area is 558 Å². The van der Waals surface area contributed by atoms with Crippen LogP contribution >= 0.6 is 0 Å². The molecule has 1 aliphatic heterocycles. The molecule has 90 heavy (non-hydrogen) atoms.